The van der Waals surface area contributed by atoms with Crippen LogP contribution in [0, 0.1) is 0 Å². The zero-order valence-corrected chi connectivity index (χ0v) is 18.9. The Labute approximate surface area is 201 Å². The van der Waals surface area contributed by atoms with Crippen LogP contribution in [0.15, 0.2) is 89.8 Å². The molecule has 9 heteroatoms. The van der Waals surface area contributed by atoms with Gasteiger partial charge in [-0.2, -0.15) is 5.10 Å². The van der Waals surface area contributed by atoms with Crippen molar-refractivity contribution in [2.75, 3.05) is 13.3 Å². The van der Waals surface area contributed by atoms with Gasteiger partial charge in [-0.1, -0.05) is 36.4 Å². The molecular weight excluding hydrogens is 459 g/mol. The summed E-state index contributed by atoms with van der Waals surface area (Å²) < 4.78 is 26.4. The van der Waals surface area contributed by atoms with Crippen LogP contribution in [0.5, 0.6) is 11.5 Å². The van der Waals surface area contributed by atoms with Gasteiger partial charge in [-0.05, 0) is 58.2 Å². The van der Waals surface area contributed by atoms with E-state index in [1.54, 1.807) is 0 Å². The fraction of sp³-hybridized carbons (Fsp3) is 0.120. The Morgan fingerprint density at radius 3 is 2.38 bits per heavy atom. The fourth-order valence-corrected chi connectivity index (χ4v) is 3.75. The highest BCUT2D eigenvalue weighted by Gasteiger charge is 2.14. The van der Waals surface area contributed by atoms with Crippen LogP contribution in [-0.4, -0.2) is 27.7 Å². The van der Waals surface area contributed by atoms with Crippen molar-refractivity contribution in [2.45, 2.75) is 6.54 Å². The molecule has 0 aliphatic carbocycles. The maximum absolute atomic E-state index is 12.9. The van der Waals surface area contributed by atoms with E-state index in [4.69, 9.17) is 15.2 Å². The lowest BCUT2D eigenvalue weighted by Gasteiger charge is -2.09. The quantitative estimate of drug-likeness (QED) is 0.444. The molecule has 0 amide bonds. The molecule has 1 aliphatic rings. The molecule has 34 heavy (non-hydrogen) atoms. The van der Waals surface area contributed by atoms with E-state index in [0.29, 0.717) is 12.0 Å². The summed E-state index contributed by atoms with van der Waals surface area (Å²) in [5, 5.41) is 4.09. The van der Waals surface area contributed by atoms with Crippen LogP contribution in [0.25, 0.3) is 27.9 Å². The molecular formula is C25H22ClFN4O3. The van der Waals surface area contributed by atoms with Crippen LogP contribution in [-0.2, 0) is 6.54 Å². The third kappa shape index (κ3) is 4.46. The first-order valence-electron chi connectivity index (χ1n) is 10.4. The summed E-state index contributed by atoms with van der Waals surface area (Å²) in [5.41, 5.74) is 10.1. The van der Waals surface area contributed by atoms with E-state index in [2.05, 4.69) is 11.2 Å². The third-order valence-corrected chi connectivity index (χ3v) is 5.53. The van der Waals surface area contributed by atoms with Crippen molar-refractivity contribution < 1.29 is 13.9 Å². The highest BCUT2D eigenvalue weighted by molar-refractivity contribution is 5.85. The van der Waals surface area contributed by atoms with E-state index in [-0.39, 0.29) is 43.6 Å². The van der Waals surface area contributed by atoms with Crippen LogP contribution in [0.3, 0.4) is 0 Å². The van der Waals surface area contributed by atoms with Crippen molar-refractivity contribution in [1.29, 1.82) is 0 Å². The van der Waals surface area contributed by atoms with Gasteiger partial charge in [-0.3, -0.25) is 0 Å². The van der Waals surface area contributed by atoms with Gasteiger partial charge in [0.2, 0.25) is 6.79 Å². The maximum atomic E-state index is 12.9. The summed E-state index contributed by atoms with van der Waals surface area (Å²) in [5.74, 6) is 1.48. The van der Waals surface area contributed by atoms with Crippen molar-refractivity contribution >= 4 is 12.4 Å². The SMILES string of the molecule is Cl.NC/C(=C\F)Cn1ncn(-c2cccc(-c3cccc(-c4ccc5c(c4)OCO5)c3)c2)c1=O. The van der Waals surface area contributed by atoms with E-state index in [1.807, 2.05) is 60.7 Å². The van der Waals surface area contributed by atoms with Crippen molar-refractivity contribution in [1.82, 2.24) is 14.3 Å². The molecule has 0 bridgehead atoms. The Bertz CT molecular complexity index is 1410. The summed E-state index contributed by atoms with van der Waals surface area (Å²) in [6.07, 6.45) is 1.84. The van der Waals surface area contributed by atoms with Gasteiger partial charge in [0.15, 0.2) is 11.5 Å². The highest BCUT2D eigenvalue weighted by Crippen LogP contribution is 2.36. The lowest BCUT2D eigenvalue weighted by Crippen LogP contribution is -2.25. The first kappa shape index (κ1) is 23.3. The number of fused-ring (bicyclic) bond motifs is 1. The molecule has 0 saturated carbocycles. The van der Waals surface area contributed by atoms with Gasteiger partial charge in [-0.25, -0.2) is 18.4 Å². The number of hydrogen-bond donors (Lipinski definition) is 1. The number of rotatable bonds is 6. The fourth-order valence-electron chi connectivity index (χ4n) is 3.75. The number of hydrogen-bond acceptors (Lipinski definition) is 5. The van der Waals surface area contributed by atoms with Crippen molar-refractivity contribution in [3.05, 3.63) is 95.4 Å². The zero-order chi connectivity index (χ0) is 22.8. The summed E-state index contributed by atoms with van der Waals surface area (Å²) in [6, 6.07) is 21.6. The van der Waals surface area contributed by atoms with Gasteiger partial charge in [0.05, 0.1) is 18.6 Å². The van der Waals surface area contributed by atoms with Gasteiger partial charge >= 0.3 is 5.69 Å². The van der Waals surface area contributed by atoms with Gasteiger partial charge in [0.1, 0.15) is 6.33 Å². The minimum absolute atomic E-state index is 0. The Morgan fingerprint density at radius 2 is 1.65 bits per heavy atom. The zero-order valence-electron chi connectivity index (χ0n) is 18.1. The first-order chi connectivity index (χ1) is 16.2. The molecule has 1 aliphatic heterocycles. The normalized spacial score (nSPS) is 12.5. The second-order valence-corrected chi connectivity index (χ2v) is 7.61. The molecule has 7 nitrogen and oxygen atoms in total. The highest BCUT2D eigenvalue weighted by atomic mass is 35.5. The smallest absolute Gasteiger partial charge is 0.350 e. The van der Waals surface area contributed by atoms with Crippen molar-refractivity contribution in [2.24, 2.45) is 5.73 Å². The standard InChI is InChI=1S/C25H21FN4O3.ClH/c26-12-17(13-27)14-30-25(31)29(15-28-30)22-6-2-5-20(10-22)18-3-1-4-19(9-18)21-7-8-23-24(11-21)33-16-32-23;/h1-12,15H,13-14,16,27H2;1H/b17-12+;. The average Bonchev–Trinajstić information content (AvgIpc) is 3.48. The second-order valence-electron chi connectivity index (χ2n) is 7.61. The molecule has 0 radical (unpaired) electrons. The second kappa shape index (κ2) is 9.94. The molecule has 0 saturated heterocycles. The molecule has 0 fully saturated rings. The largest absolute Gasteiger partial charge is 0.454 e. The lowest BCUT2D eigenvalue weighted by atomic mass is 9.98. The molecule has 2 N–H and O–H groups in total. The van der Waals surface area contributed by atoms with Gasteiger partial charge < -0.3 is 15.2 Å². The average molecular weight is 481 g/mol. The Balaban J connectivity index is 0.00000274. The number of benzene rings is 3. The van der Waals surface area contributed by atoms with E-state index < -0.39 is 0 Å². The molecule has 3 aromatic carbocycles. The van der Waals surface area contributed by atoms with Crippen LogP contribution in [0.2, 0.25) is 0 Å². The molecule has 4 aromatic rings. The molecule has 0 spiro atoms. The number of nitrogens with zero attached hydrogens (tertiary/aromatic N) is 3. The lowest BCUT2D eigenvalue weighted by molar-refractivity contribution is 0.174. The van der Waals surface area contributed by atoms with Crippen LogP contribution in [0.1, 0.15) is 0 Å². The minimum Gasteiger partial charge on any atom is -0.454 e. The summed E-state index contributed by atoms with van der Waals surface area (Å²) in [4.78, 5) is 12.8. The van der Waals surface area contributed by atoms with Gasteiger partial charge in [0, 0.05) is 6.54 Å². The Kier molecular flexibility index (Phi) is 6.81. The summed E-state index contributed by atoms with van der Waals surface area (Å²) >= 11 is 0. The van der Waals surface area contributed by atoms with E-state index in [9.17, 15) is 9.18 Å². The number of nitrogens with two attached hydrogens (primary N) is 1. The minimum atomic E-state index is -0.367. The van der Waals surface area contributed by atoms with Crippen LogP contribution in [0.4, 0.5) is 4.39 Å². The molecule has 2 heterocycles. The summed E-state index contributed by atoms with van der Waals surface area (Å²) in [6.45, 7) is 0.264. The molecule has 1 aromatic heterocycles. The van der Waals surface area contributed by atoms with Gasteiger partial charge in [0.25, 0.3) is 0 Å². The predicted octanol–water partition coefficient (Wildman–Crippen LogP) is 4.33. The van der Waals surface area contributed by atoms with Crippen molar-refractivity contribution in [3.8, 4) is 39.4 Å². The Hall–Kier alpha value is -3.88. The molecule has 0 unspecified atom stereocenters. The number of aromatic nitrogens is 3. The predicted molar refractivity (Wildman–Crippen MR) is 130 cm³/mol. The van der Waals surface area contributed by atoms with E-state index in [1.165, 1.54) is 15.6 Å². The third-order valence-electron chi connectivity index (χ3n) is 5.53. The summed E-state index contributed by atoms with van der Waals surface area (Å²) in [7, 11) is 0. The van der Waals surface area contributed by atoms with Crippen LogP contribution >= 0.6 is 12.4 Å². The first-order valence-corrected chi connectivity index (χ1v) is 10.4. The maximum Gasteiger partial charge on any atom is 0.350 e. The van der Waals surface area contributed by atoms with Gasteiger partial charge in [-0.15, -0.1) is 12.4 Å². The Morgan fingerprint density at radius 1 is 0.971 bits per heavy atom. The topological polar surface area (TPSA) is 84.3 Å². The van der Waals surface area contributed by atoms with E-state index in [0.717, 1.165) is 33.8 Å². The van der Waals surface area contributed by atoms with Crippen molar-refractivity contribution in [3.63, 3.8) is 0 Å². The number of halogens is 2. The van der Waals surface area contributed by atoms with E-state index >= 15 is 0 Å². The molecule has 174 valence electrons. The monoisotopic (exact) mass is 480 g/mol. The molecule has 5 rings (SSSR count). The van der Waals surface area contributed by atoms with Crippen LogP contribution < -0.4 is 20.9 Å². The number of ether oxygens (including phenoxy) is 2. The molecule has 0 atom stereocenters.